The molecule has 1 heterocycles. The van der Waals surface area contributed by atoms with Gasteiger partial charge in [0.15, 0.2) is 18.1 Å². The summed E-state index contributed by atoms with van der Waals surface area (Å²) in [5.74, 6) is -0.158. The maximum absolute atomic E-state index is 12.2. The highest BCUT2D eigenvalue weighted by Gasteiger charge is 2.26. The van der Waals surface area contributed by atoms with E-state index in [1.165, 1.54) is 33.5 Å². The van der Waals surface area contributed by atoms with Gasteiger partial charge in [0.1, 0.15) is 0 Å². The van der Waals surface area contributed by atoms with Crippen LogP contribution in [0.2, 0.25) is 0 Å². The van der Waals surface area contributed by atoms with Gasteiger partial charge in [-0.15, -0.1) is 0 Å². The maximum Gasteiger partial charge on any atom is 0.331 e. The van der Waals surface area contributed by atoms with E-state index in [0.29, 0.717) is 48.7 Å². The van der Waals surface area contributed by atoms with Crippen molar-refractivity contribution < 1.29 is 33.3 Å². The second-order valence-electron chi connectivity index (χ2n) is 6.46. The molecule has 0 atom stereocenters. The van der Waals surface area contributed by atoms with E-state index in [9.17, 15) is 14.4 Å². The van der Waals surface area contributed by atoms with Gasteiger partial charge >= 0.3 is 5.97 Å². The Balaban J connectivity index is 1.90. The van der Waals surface area contributed by atoms with Crippen LogP contribution >= 0.6 is 0 Å². The molecule has 0 unspecified atom stereocenters. The second kappa shape index (κ2) is 10.4. The summed E-state index contributed by atoms with van der Waals surface area (Å²) in [7, 11) is 4.49. The number of hydrogen-bond donors (Lipinski definition) is 1. The standard InChI is InChI=1S/C20H26N2O7/c1-26-15-10-13(11-16(27-2)19(15)28-3)4-5-18(24)29-12-17(23)22-8-6-14(7-9-22)20(21)25/h4-5,10-11,14H,6-9,12H2,1-3H3,(H2,21,25)/b5-4+. The Morgan fingerprint density at radius 3 is 2.14 bits per heavy atom. The van der Waals surface area contributed by atoms with Gasteiger partial charge in [-0.25, -0.2) is 4.79 Å². The Kier molecular flexibility index (Phi) is 7.88. The van der Waals surface area contributed by atoms with Crippen LogP contribution in [0.15, 0.2) is 18.2 Å². The zero-order chi connectivity index (χ0) is 21.4. The average molecular weight is 406 g/mol. The van der Waals surface area contributed by atoms with Crippen LogP contribution < -0.4 is 19.9 Å². The number of hydrogen-bond acceptors (Lipinski definition) is 7. The topological polar surface area (TPSA) is 117 Å². The van der Waals surface area contributed by atoms with Gasteiger partial charge in [-0.2, -0.15) is 0 Å². The van der Waals surface area contributed by atoms with Gasteiger partial charge in [0, 0.05) is 25.1 Å². The van der Waals surface area contributed by atoms with Crippen molar-refractivity contribution in [3.63, 3.8) is 0 Å². The Hall–Kier alpha value is -3.23. The number of likely N-dealkylation sites (tertiary alicyclic amines) is 1. The molecule has 0 spiro atoms. The molecule has 1 aromatic carbocycles. The fourth-order valence-corrected chi connectivity index (χ4v) is 3.05. The number of benzene rings is 1. The first-order valence-corrected chi connectivity index (χ1v) is 9.11. The normalized spacial score (nSPS) is 14.5. The van der Waals surface area contributed by atoms with Gasteiger partial charge in [0.2, 0.25) is 11.7 Å². The molecule has 9 heteroatoms. The van der Waals surface area contributed by atoms with Crippen LogP contribution in [0.25, 0.3) is 6.08 Å². The maximum atomic E-state index is 12.2. The van der Waals surface area contributed by atoms with Gasteiger partial charge in [-0.05, 0) is 36.6 Å². The van der Waals surface area contributed by atoms with E-state index in [0.717, 1.165) is 0 Å². The highest BCUT2D eigenvalue weighted by atomic mass is 16.5. The summed E-state index contributed by atoms with van der Waals surface area (Å²) in [5.41, 5.74) is 5.91. The van der Waals surface area contributed by atoms with Crippen molar-refractivity contribution in [1.82, 2.24) is 4.90 Å². The molecule has 1 aromatic rings. The van der Waals surface area contributed by atoms with Crippen molar-refractivity contribution in [1.29, 1.82) is 0 Å². The number of nitrogens with zero attached hydrogens (tertiary/aromatic N) is 1. The molecule has 1 aliphatic heterocycles. The number of carbonyl (C=O) groups excluding carboxylic acids is 3. The van der Waals surface area contributed by atoms with Gasteiger partial charge in [-0.1, -0.05) is 0 Å². The van der Waals surface area contributed by atoms with Crippen LogP contribution in [0.1, 0.15) is 18.4 Å². The summed E-state index contributed by atoms with van der Waals surface area (Å²) < 4.78 is 20.8. The molecule has 2 amide bonds. The van der Waals surface area contributed by atoms with E-state index < -0.39 is 5.97 Å². The van der Waals surface area contributed by atoms with Gasteiger partial charge in [0.05, 0.1) is 21.3 Å². The van der Waals surface area contributed by atoms with Crippen LogP contribution in [-0.4, -0.2) is 63.7 Å². The minimum Gasteiger partial charge on any atom is -0.493 e. The lowest BCUT2D eigenvalue weighted by Gasteiger charge is -2.30. The van der Waals surface area contributed by atoms with Gasteiger partial charge < -0.3 is 29.6 Å². The van der Waals surface area contributed by atoms with E-state index >= 15 is 0 Å². The van der Waals surface area contributed by atoms with Gasteiger partial charge in [-0.3, -0.25) is 9.59 Å². The summed E-state index contributed by atoms with van der Waals surface area (Å²) in [5, 5.41) is 0. The predicted molar refractivity (Wildman–Crippen MR) is 105 cm³/mol. The van der Waals surface area contributed by atoms with Crippen LogP contribution in [0, 0.1) is 5.92 Å². The number of rotatable bonds is 8. The summed E-state index contributed by atoms with van der Waals surface area (Å²) in [6.45, 7) is 0.482. The van der Waals surface area contributed by atoms with Crippen LogP contribution in [0.4, 0.5) is 0 Å². The molecule has 9 nitrogen and oxygen atoms in total. The highest BCUT2D eigenvalue weighted by Crippen LogP contribution is 2.38. The average Bonchev–Trinajstić information content (AvgIpc) is 2.74. The molecule has 0 saturated carbocycles. The SMILES string of the molecule is COc1cc(/C=C/C(=O)OCC(=O)N2CCC(C(N)=O)CC2)cc(OC)c1OC. The summed E-state index contributed by atoms with van der Waals surface area (Å²) >= 11 is 0. The van der Waals surface area contributed by atoms with Gasteiger partial charge in [0.25, 0.3) is 5.91 Å². The number of carbonyl (C=O) groups is 3. The van der Waals surface area contributed by atoms with E-state index in [1.807, 2.05) is 0 Å². The largest absolute Gasteiger partial charge is 0.493 e. The molecule has 29 heavy (non-hydrogen) atoms. The first kappa shape index (κ1) is 22.1. The fraction of sp³-hybridized carbons (Fsp3) is 0.450. The first-order chi connectivity index (χ1) is 13.9. The van der Waals surface area contributed by atoms with Crippen molar-refractivity contribution in [3.8, 4) is 17.2 Å². The lowest BCUT2D eigenvalue weighted by molar-refractivity contribution is -0.149. The minimum atomic E-state index is -0.654. The molecule has 0 radical (unpaired) electrons. The fourth-order valence-electron chi connectivity index (χ4n) is 3.05. The van der Waals surface area contributed by atoms with Crippen molar-refractivity contribution in [2.45, 2.75) is 12.8 Å². The van der Waals surface area contributed by atoms with Crippen LogP contribution in [0.5, 0.6) is 17.2 Å². The molecular formula is C20H26N2O7. The van der Waals surface area contributed by atoms with Crippen molar-refractivity contribution >= 4 is 23.9 Å². The van der Waals surface area contributed by atoms with E-state index in [4.69, 9.17) is 24.7 Å². The smallest absolute Gasteiger partial charge is 0.331 e. The molecule has 2 N–H and O–H groups in total. The lowest BCUT2D eigenvalue weighted by Crippen LogP contribution is -2.43. The van der Waals surface area contributed by atoms with Crippen LogP contribution in [-0.2, 0) is 19.1 Å². The zero-order valence-electron chi connectivity index (χ0n) is 16.8. The monoisotopic (exact) mass is 406 g/mol. The first-order valence-electron chi connectivity index (χ1n) is 9.11. The third-order valence-electron chi connectivity index (χ3n) is 4.69. The lowest BCUT2D eigenvalue weighted by atomic mass is 9.96. The summed E-state index contributed by atoms with van der Waals surface area (Å²) in [6, 6.07) is 3.36. The number of nitrogens with two attached hydrogens (primary N) is 1. The Labute approximate surface area is 169 Å². The number of methoxy groups -OCH3 is 3. The Morgan fingerprint density at radius 2 is 1.66 bits per heavy atom. The number of amides is 2. The van der Waals surface area contributed by atoms with Crippen LogP contribution in [0.3, 0.4) is 0 Å². The number of primary amides is 1. The second-order valence-corrected chi connectivity index (χ2v) is 6.46. The predicted octanol–water partition coefficient (Wildman–Crippen LogP) is 0.993. The van der Waals surface area contributed by atoms with Crippen molar-refractivity contribution in [2.24, 2.45) is 11.7 Å². The van der Waals surface area contributed by atoms with Crippen molar-refractivity contribution in [3.05, 3.63) is 23.8 Å². The van der Waals surface area contributed by atoms with E-state index in [-0.39, 0.29) is 24.3 Å². The molecule has 0 aliphatic carbocycles. The Morgan fingerprint density at radius 1 is 1.07 bits per heavy atom. The molecule has 158 valence electrons. The molecule has 0 bridgehead atoms. The zero-order valence-corrected chi connectivity index (χ0v) is 16.8. The molecular weight excluding hydrogens is 380 g/mol. The number of piperidine rings is 1. The number of esters is 1. The number of ether oxygens (including phenoxy) is 4. The molecule has 1 fully saturated rings. The highest BCUT2D eigenvalue weighted by molar-refractivity contribution is 5.89. The quantitative estimate of drug-likeness (QED) is 0.505. The molecule has 2 rings (SSSR count). The molecule has 1 aliphatic rings. The summed E-state index contributed by atoms with van der Waals surface area (Å²) in [6.07, 6.45) is 3.79. The minimum absolute atomic E-state index is 0.206. The molecule has 1 saturated heterocycles. The van der Waals surface area contributed by atoms with E-state index in [1.54, 1.807) is 17.0 Å². The third-order valence-corrected chi connectivity index (χ3v) is 4.69. The Bertz CT molecular complexity index is 758. The third kappa shape index (κ3) is 5.87. The summed E-state index contributed by atoms with van der Waals surface area (Å²) in [4.78, 5) is 36.8. The molecule has 0 aromatic heterocycles. The van der Waals surface area contributed by atoms with Crippen molar-refractivity contribution in [2.75, 3.05) is 41.0 Å². The van der Waals surface area contributed by atoms with E-state index in [2.05, 4.69) is 0 Å².